The summed E-state index contributed by atoms with van der Waals surface area (Å²) in [7, 11) is 0. The van der Waals surface area contributed by atoms with Crippen LogP contribution >= 0.6 is 0 Å². The molecule has 0 aliphatic carbocycles. The fourth-order valence-corrected chi connectivity index (χ4v) is 3.97. The normalized spacial score (nSPS) is 14.5. The van der Waals surface area contributed by atoms with E-state index in [4.69, 9.17) is 4.74 Å². The van der Waals surface area contributed by atoms with E-state index in [0.717, 1.165) is 36.8 Å². The largest absolute Gasteiger partial charge is 0.411 e. The van der Waals surface area contributed by atoms with Crippen LogP contribution in [-0.4, -0.2) is 44.0 Å². The summed E-state index contributed by atoms with van der Waals surface area (Å²) < 4.78 is 6.64. The van der Waals surface area contributed by atoms with Crippen LogP contribution in [0.4, 0.5) is 0 Å². The molecule has 0 radical (unpaired) electrons. The second-order valence-electron chi connectivity index (χ2n) is 10.1. The van der Waals surface area contributed by atoms with Crippen LogP contribution in [0.1, 0.15) is 78.4 Å². The number of ether oxygens (including phenoxy) is 1. The molecule has 208 valence electrons. The van der Waals surface area contributed by atoms with E-state index in [2.05, 4.69) is 60.1 Å². The van der Waals surface area contributed by atoms with Crippen molar-refractivity contribution < 1.29 is 15.2 Å². The summed E-state index contributed by atoms with van der Waals surface area (Å²) in [6.07, 6.45) is 16.8. The monoisotopic (exact) mass is 530 g/mol. The number of pyridine rings is 2. The molecule has 2 N–H and O–H groups in total. The van der Waals surface area contributed by atoms with Gasteiger partial charge in [-0.05, 0) is 91.5 Å². The highest BCUT2D eigenvalue weighted by Gasteiger charge is 2.26. The number of hydrogen-bond acceptors (Lipinski definition) is 7. The van der Waals surface area contributed by atoms with E-state index in [1.165, 1.54) is 11.1 Å². The van der Waals surface area contributed by atoms with Crippen LogP contribution in [0.5, 0.6) is 0 Å². The van der Waals surface area contributed by atoms with Crippen molar-refractivity contribution in [3.05, 3.63) is 107 Å². The minimum absolute atomic E-state index is 0.314. The fourth-order valence-electron chi connectivity index (χ4n) is 3.97. The molecule has 7 nitrogen and oxygen atoms in total. The molecule has 7 heteroatoms. The van der Waals surface area contributed by atoms with Gasteiger partial charge in [-0.2, -0.15) is 0 Å². The lowest BCUT2D eigenvalue weighted by molar-refractivity contribution is 0.113. The first-order chi connectivity index (χ1) is 18.7. The number of nitrogens with zero attached hydrogens (tertiary/aromatic N) is 4. The highest BCUT2D eigenvalue weighted by atomic mass is 16.5. The van der Waals surface area contributed by atoms with Crippen LogP contribution in [0.15, 0.2) is 106 Å². The Morgan fingerprint density at radius 1 is 0.744 bits per heavy atom. The molecule has 0 aliphatic rings. The average Bonchev–Trinajstić information content (AvgIpc) is 2.90. The van der Waals surface area contributed by atoms with Gasteiger partial charge >= 0.3 is 0 Å². The molecule has 2 atom stereocenters. The summed E-state index contributed by atoms with van der Waals surface area (Å²) in [4.78, 5) is 8.39. The van der Waals surface area contributed by atoms with Gasteiger partial charge in [0.1, 0.15) is 23.6 Å². The molecule has 2 heterocycles. The lowest BCUT2D eigenvalue weighted by Crippen LogP contribution is -2.33. The summed E-state index contributed by atoms with van der Waals surface area (Å²) in [6, 6.07) is 7.21. The highest BCUT2D eigenvalue weighted by molar-refractivity contribution is 6.06. The van der Waals surface area contributed by atoms with Crippen molar-refractivity contribution in [1.29, 1.82) is 0 Å². The standard InChI is InChI=1S/C32H42N4O3/c1-23(2)11-7-13-25(5)19-29(31(35-37)27-15-9-17-33-21-27)39-30(20-26(6)14-8-12-24(3)4)32(36-38)28-16-10-18-34-22-28/h9-12,15-22,29-30,37-38H,7-8,13-14H2,1-6H3/b25-19+,26-20+,35-31?,36-32?. The van der Waals surface area contributed by atoms with Gasteiger partial charge in [-0.15, -0.1) is 0 Å². The summed E-state index contributed by atoms with van der Waals surface area (Å²) >= 11 is 0. The SMILES string of the molecule is CC(C)=CCC/C(C)=C/C(OC(/C=C(\C)CCC=C(C)C)C(=NO)c1cccnc1)C(=NO)c1cccnc1. The van der Waals surface area contributed by atoms with Gasteiger partial charge in [-0.3, -0.25) is 9.97 Å². The number of oxime groups is 2. The van der Waals surface area contributed by atoms with Gasteiger partial charge < -0.3 is 15.2 Å². The average molecular weight is 531 g/mol. The van der Waals surface area contributed by atoms with Crippen molar-refractivity contribution in [1.82, 2.24) is 9.97 Å². The van der Waals surface area contributed by atoms with Crippen LogP contribution < -0.4 is 0 Å². The Hall–Kier alpha value is -3.84. The summed E-state index contributed by atoms with van der Waals surface area (Å²) in [6.45, 7) is 12.4. The first-order valence-electron chi connectivity index (χ1n) is 13.3. The Morgan fingerprint density at radius 2 is 1.15 bits per heavy atom. The van der Waals surface area contributed by atoms with E-state index in [-0.39, 0.29) is 0 Å². The topological polar surface area (TPSA) is 100 Å². The van der Waals surface area contributed by atoms with Crippen LogP contribution in [0, 0.1) is 0 Å². The molecular weight excluding hydrogens is 488 g/mol. The first kappa shape index (κ1) is 31.4. The molecule has 0 spiro atoms. The lowest BCUT2D eigenvalue weighted by atomic mass is 10.00. The van der Waals surface area contributed by atoms with Crippen LogP contribution in [0.3, 0.4) is 0 Å². The van der Waals surface area contributed by atoms with Gasteiger partial charge in [0.15, 0.2) is 0 Å². The zero-order chi connectivity index (χ0) is 28.6. The highest BCUT2D eigenvalue weighted by Crippen LogP contribution is 2.20. The van der Waals surface area contributed by atoms with E-state index in [1.54, 1.807) is 36.9 Å². The smallest absolute Gasteiger partial charge is 0.123 e. The van der Waals surface area contributed by atoms with Gasteiger partial charge in [-0.1, -0.05) is 56.9 Å². The predicted octanol–water partition coefficient (Wildman–Crippen LogP) is 7.67. The quantitative estimate of drug-likeness (QED) is 0.113. The predicted molar refractivity (Wildman–Crippen MR) is 159 cm³/mol. The number of rotatable bonds is 14. The minimum atomic E-state index is -0.744. The van der Waals surface area contributed by atoms with Crippen molar-refractivity contribution >= 4 is 11.4 Å². The van der Waals surface area contributed by atoms with Gasteiger partial charge in [0.25, 0.3) is 0 Å². The van der Waals surface area contributed by atoms with Crippen molar-refractivity contribution in [3.8, 4) is 0 Å². The van der Waals surface area contributed by atoms with Gasteiger partial charge in [0.05, 0.1) is 0 Å². The van der Waals surface area contributed by atoms with Crippen molar-refractivity contribution in [3.63, 3.8) is 0 Å². The minimum Gasteiger partial charge on any atom is -0.411 e. The van der Waals surface area contributed by atoms with Crippen molar-refractivity contribution in [2.45, 2.75) is 79.4 Å². The Bertz CT molecular complexity index is 1110. The Kier molecular flexibility index (Phi) is 13.6. The van der Waals surface area contributed by atoms with Gasteiger partial charge in [-0.25, -0.2) is 0 Å². The summed E-state index contributed by atoms with van der Waals surface area (Å²) in [5.74, 6) is 0. The maximum Gasteiger partial charge on any atom is 0.123 e. The van der Waals surface area contributed by atoms with Crippen LogP contribution in [0.2, 0.25) is 0 Å². The van der Waals surface area contributed by atoms with Gasteiger partial charge in [0, 0.05) is 35.9 Å². The molecular formula is C32H42N4O3. The molecule has 0 amide bonds. The van der Waals surface area contributed by atoms with Crippen LogP contribution in [-0.2, 0) is 4.74 Å². The third-order valence-corrected chi connectivity index (χ3v) is 6.02. The number of aromatic nitrogens is 2. The molecule has 0 saturated carbocycles. The molecule has 0 aromatic carbocycles. The molecule has 2 unspecified atom stereocenters. The zero-order valence-electron chi connectivity index (χ0n) is 24.0. The number of allylic oxidation sites excluding steroid dienone is 6. The lowest BCUT2D eigenvalue weighted by Gasteiger charge is -2.24. The second-order valence-corrected chi connectivity index (χ2v) is 10.1. The maximum atomic E-state index is 10.1. The second kappa shape index (κ2) is 16.9. The third kappa shape index (κ3) is 11.2. The molecule has 2 aromatic heterocycles. The molecule has 2 aromatic rings. The van der Waals surface area contributed by atoms with Crippen molar-refractivity contribution in [2.24, 2.45) is 10.3 Å². The summed E-state index contributed by atoms with van der Waals surface area (Å²) in [5, 5.41) is 27.5. The molecule has 0 saturated heterocycles. The van der Waals surface area contributed by atoms with E-state index in [0.29, 0.717) is 22.6 Å². The molecule has 0 aliphatic heterocycles. The maximum absolute atomic E-state index is 10.1. The van der Waals surface area contributed by atoms with Crippen LogP contribution in [0.25, 0.3) is 0 Å². The molecule has 2 rings (SSSR count). The Morgan fingerprint density at radius 3 is 1.46 bits per heavy atom. The molecule has 0 fully saturated rings. The molecule has 0 bridgehead atoms. The van der Waals surface area contributed by atoms with Crippen molar-refractivity contribution in [2.75, 3.05) is 0 Å². The van der Waals surface area contributed by atoms with E-state index >= 15 is 0 Å². The molecule has 39 heavy (non-hydrogen) atoms. The Balaban J connectivity index is 2.55. The zero-order valence-corrected chi connectivity index (χ0v) is 24.0. The van der Waals surface area contributed by atoms with E-state index in [9.17, 15) is 10.4 Å². The van der Waals surface area contributed by atoms with E-state index < -0.39 is 12.2 Å². The van der Waals surface area contributed by atoms with Gasteiger partial charge in [0.2, 0.25) is 0 Å². The van der Waals surface area contributed by atoms with E-state index in [1.807, 2.05) is 38.1 Å². The Labute approximate surface area is 233 Å². The fraction of sp³-hybridized carbons (Fsp3) is 0.375. The summed E-state index contributed by atoms with van der Waals surface area (Å²) in [5.41, 5.74) is 6.57. The third-order valence-electron chi connectivity index (χ3n) is 6.02. The first-order valence-corrected chi connectivity index (χ1v) is 13.3. The number of hydrogen-bond donors (Lipinski definition) is 2.